The van der Waals surface area contributed by atoms with Crippen molar-refractivity contribution < 1.29 is 26.4 Å². The molecule has 1 aliphatic heterocycles. The predicted octanol–water partition coefficient (Wildman–Crippen LogP) is 3.97. The molecular weight excluding hydrogens is 538 g/mol. The third-order valence-electron chi connectivity index (χ3n) is 5.89. The number of hydrogen-bond acceptors (Lipinski definition) is 6. The summed E-state index contributed by atoms with van der Waals surface area (Å²) in [4.78, 5) is 13.2. The van der Waals surface area contributed by atoms with Crippen LogP contribution in [0.4, 0.5) is 11.4 Å². The number of methoxy groups -OCH3 is 1. The van der Waals surface area contributed by atoms with Gasteiger partial charge in [-0.2, -0.15) is 4.31 Å². The quantitative estimate of drug-likeness (QED) is 0.421. The molecule has 0 spiro atoms. The van der Waals surface area contributed by atoms with E-state index in [-0.39, 0.29) is 31.9 Å². The molecule has 0 atom stereocenters. The number of hydrogen-bond donors (Lipinski definition) is 1. The Morgan fingerprint density at radius 1 is 0.946 bits per heavy atom. The van der Waals surface area contributed by atoms with Crippen LogP contribution in [0.2, 0.25) is 5.02 Å². The summed E-state index contributed by atoms with van der Waals surface area (Å²) < 4.78 is 60.7. The fraction of sp³-hybridized carbons (Fsp3) is 0.240. The summed E-state index contributed by atoms with van der Waals surface area (Å²) >= 11 is 6.31. The lowest BCUT2D eigenvalue weighted by Gasteiger charge is -2.25. The number of sulfonamides is 2. The number of anilines is 2. The maximum absolute atomic E-state index is 13.5. The molecule has 0 aromatic heterocycles. The minimum atomic E-state index is -4.17. The number of benzene rings is 3. The molecular formula is C25H26ClN3O6S2. The monoisotopic (exact) mass is 563 g/mol. The highest BCUT2D eigenvalue weighted by molar-refractivity contribution is 7.93. The Kier molecular flexibility index (Phi) is 8.08. The molecule has 196 valence electrons. The highest BCUT2D eigenvalue weighted by Crippen LogP contribution is 2.32. The van der Waals surface area contributed by atoms with Gasteiger partial charge in [-0.15, -0.1) is 0 Å². The van der Waals surface area contributed by atoms with Gasteiger partial charge < -0.3 is 10.1 Å². The van der Waals surface area contributed by atoms with Crippen LogP contribution in [-0.4, -0.2) is 53.8 Å². The largest absolute Gasteiger partial charge is 0.495 e. The lowest BCUT2D eigenvalue weighted by molar-refractivity contribution is -0.114. The zero-order chi connectivity index (χ0) is 26.6. The molecule has 4 rings (SSSR count). The summed E-state index contributed by atoms with van der Waals surface area (Å²) in [5, 5.41) is 2.76. The van der Waals surface area contributed by atoms with Crippen molar-refractivity contribution in [3.8, 4) is 5.75 Å². The number of amides is 1. The van der Waals surface area contributed by atoms with Gasteiger partial charge in [0.1, 0.15) is 12.3 Å². The summed E-state index contributed by atoms with van der Waals surface area (Å²) in [6, 6.07) is 18.2. The van der Waals surface area contributed by atoms with Crippen LogP contribution in [0.15, 0.2) is 82.6 Å². The predicted molar refractivity (Wildman–Crippen MR) is 142 cm³/mol. The van der Waals surface area contributed by atoms with Crippen LogP contribution in [0.1, 0.15) is 12.8 Å². The molecule has 37 heavy (non-hydrogen) atoms. The second kappa shape index (κ2) is 11.1. The number of ether oxygens (including phenoxy) is 1. The molecule has 0 saturated carbocycles. The molecule has 1 fully saturated rings. The van der Waals surface area contributed by atoms with Gasteiger partial charge in [0.15, 0.2) is 0 Å². The third-order valence-corrected chi connectivity index (χ3v) is 9.88. The van der Waals surface area contributed by atoms with Gasteiger partial charge in [-0.25, -0.2) is 16.8 Å². The van der Waals surface area contributed by atoms with Crippen molar-refractivity contribution in [2.75, 3.05) is 36.4 Å². The first-order chi connectivity index (χ1) is 17.6. The van der Waals surface area contributed by atoms with E-state index in [1.165, 1.54) is 53.9 Å². The Balaban J connectivity index is 1.66. The van der Waals surface area contributed by atoms with Crippen molar-refractivity contribution >= 4 is 48.9 Å². The average molecular weight is 564 g/mol. The summed E-state index contributed by atoms with van der Waals surface area (Å²) in [5.74, 6) is -0.489. The van der Waals surface area contributed by atoms with E-state index in [4.69, 9.17) is 16.3 Å². The van der Waals surface area contributed by atoms with Crippen LogP contribution in [-0.2, 0) is 24.8 Å². The van der Waals surface area contributed by atoms with Gasteiger partial charge in [-0.3, -0.25) is 9.10 Å². The second-order valence-electron chi connectivity index (χ2n) is 8.30. The smallest absolute Gasteiger partial charge is 0.264 e. The minimum Gasteiger partial charge on any atom is -0.495 e. The Morgan fingerprint density at radius 2 is 1.59 bits per heavy atom. The highest BCUT2D eigenvalue weighted by atomic mass is 35.5. The van der Waals surface area contributed by atoms with Crippen LogP contribution < -0.4 is 14.4 Å². The topological polar surface area (TPSA) is 113 Å². The summed E-state index contributed by atoms with van der Waals surface area (Å²) in [6.45, 7) is 0.244. The van der Waals surface area contributed by atoms with E-state index in [1.807, 2.05) is 0 Å². The average Bonchev–Trinajstić information content (AvgIpc) is 3.44. The van der Waals surface area contributed by atoms with Crippen LogP contribution in [0.3, 0.4) is 0 Å². The lowest BCUT2D eigenvalue weighted by Crippen LogP contribution is -2.38. The summed E-state index contributed by atoms with van der Waals surface area (Å²) in [7, 11) is -6.53. The molecule has 1 heterocycles. The van der Waals surface area contributed by atoms with Gasteiger partial charge in [0, 0.05) is 13.1 Å². The first-order valence-electron chi connectivity index (χ1n) is 11.4. The van der Waals surface area contributed by atoms with Crippen LogP contribution in [0, 0.1) is 0 Å². The van der Waals surface area contributed by atoms with E-state index in [9.17, 15) is 21.6 Å². The normalized spacial score (nSPS) is 14.3. The van der Waals surface area contributed by atoms with E-state index >= 15 is 0 Å². The zero-order valence-corrected chi connectivity index (χ0v) is 22.4. The Bertz CT molecular complexity index is 1490. The number of para-hydroxylation sites is 1. The molecule has 12 heteroatoms. The maximum Gasteiger partial charge on any atom is 0.264 e. The number of nitrogens with zero attached hydrogens (tertiary/aromatic N) is 2. The van der Waals surface area contributed by atoms with Crippen molar-refractivity contribution in [2.24, 2.45) is 0 Å². The van der Waals surface area contributed by atoms with Crippen LogP contribution in [0.5, 0.6) is 5.75 Å². The van der Waals surface area contributed by atoms with E-state index < -0.39 is 32.5 Å². The van der Waals surface area contributed by atoms with Gasteiger partial charge >= 0.3 is 0 Å². The summed E-state index contributed by atoms with van der Waals surface area (Å²) in [6.07, 6.45) is 1.57. The number of rotatable bonds is 9. The number of nitrogens with one attached hydrogen (secondary N) is 1. The first kappa shape index (κ1) is 26.9. The number of carbonyl (C=O) groups is 1. The Morgan fingerprint density at radius 3 is 2.24 bits per heavy atom. The molecule has 3 aromatic carbocycles. The highest BCUT2D eigenvalue weighted by Gasteiger charge is 2.30. The van der Waals surface area contributed by atoms with Crippen molar-refractivity contribution in [1.29, 1.82) is 0 Å². The zero-order valence-electron chi connectivity index (χ0n) is 20.0. The molecule has 1 N–H and O–H groups in total. The van der Waals surface area contributed by atoms with E-state index in [0.29, 0.717) is 13.1 Å². The van der Waals surface area contributed by atoms with Gasteiger partial charge in [0.2, 0.25) is 15.9 Å². The maximum atomic E-state index is 13.5. The van der Waals surface area contributed by atoms with Crippen LogP contribution >= 0.6 is 11.6 Å². The number of carbonyl (C=O) groups excluding carboxylic acids is 1. The number of halogens is 1. The molecule has 1 aliphatic rings. The molecule has 0 bridgehead atoms. The fourth-order valence-electron chi connectivity index (χ4n) is 4.02. The lowest BCUT2D eigenvalue weighted by atomic mass is 10.3. The van der Waals surface area contributed by atoms with E-state index in [0.717, 1.165) is 17.1 Å². The van der Waals surface area contributed by atoms with Gasteiger partial charge in [0.25, 0.3) is 10.0 Å². The molecule has 0 aliphatic carbocycles. The second-order valence-corrected chi connectivity index (χ2v) is 12.5. The third kappa shape index (κ3) is 5.74. The van der Waals surface area contributed by atoms with Gasteiger partial charge in [0.05, 0.1) is 33.3 Å². The molecule has 1 saturated heterocycles. The van der Waals surface area contributed by atoms with Crippen molar-refractivity contribution in [3.05, 3.63) is 77.8 Å². The molecule has 3 aromatic rings. The van der Waals surface area contributed by atoms with Crippen molar-refractivity contribution in [1.82, 2.24) is 4.31 Å². The van der Waals surface area contributed by atoms with Gasteiger partial charge in [-0.05, 0) is 55.3 Å². The Hall–Kier alpha value is -3.12. The SMILES string of the molecule is COc1ccc(S(=O)(=O)N2CCCC2)cc1NC(=O)CN(c1ccccc1Cl)S(=O)(=O)c1ccccc1. The molecule has 9 nitrogen and oxygen atoms in total. The Labute approximate surface area is 221 Å². The van der Waals surface area contributed by atoms with E-state index in [2.05, 4.69) is 5.32 Å². The standard InChI is InChI=1S/C25H26ClN3O6S2/c1-35-24-14-13-20(36(31,32)28-15-7-8-16-28)17-22(24)27-25(30)18-29(23-12-6-5-11-21(23)26)37(33,34)19-9-3-2-4-10-19/h2-6,9-14,17H,7-8,15-16,18H2,1H3,(H,27,30). The van der Waals surface area contributed by atoms with Gasteiger partial charge in [-0.1, -0.05) is 41.9 Å². The van der Waals surface area contributed by atoms with E-state index in [1.54, 1.807) is 30.3 Å². The molecule has 0 unspecified atom stereocenters. The van der Waals surface area contributed by atoms with Crippen LogP contribution in [0.25, 0.3) is 0 Å². The van der Waals surface area contributed by atoms with Crippen molar-refractivity contribution in [3.63, 3.8) is 0 Å². The summed E-state index contributed by atoms with van der Waals surface area (Å²) in [5.41, 5.74) is 0.226. The minimum absolute atomic E-state index is 0.00497. The van der Waals surface area contributed by atoms with Crippen molar-refractivity contribution in [2.45, 2.75) is 22.6 Å². The first-order valence-corrected chi connectivity index (χ1v) is 14.7. The molecule has 0 radical (unpaired) electrons. The fourth-order valence-corrected chi connectivity index (χ4v) is 7.31. The molecule has 1 amide bonds.